The highest BCUT2D eigenvalue weighted by atomic mass is 79.9. The molecule has 0 rings (SSSR count). The Labute approximate surface area is 89.5 Å². The molecule has 70 valence electrons. The van der Waals surface area contributed by atoms with E-state index in [0.717, 1.165) is 0 Å². The summed E-state index contributed by atoms with van der Waals surface area (Å²) in [6.45, 7) is 5.47. The number of rotatable bonds is 2. The molecule has 0 N–H and O–H groups in total. The molecule has 0 saturated heterocycles. The SMILES string of the molecule is C/C=N/C(=O)N(C(C)Br)C(C)Br. The third kappa shape index (κ3) is 3.67. The van der Waals surface area contributed by atoms with Crippen LogP contribution in [0.1, 0.15) is 20.8 Å². The zero-order valence-electron chi connectivity index (χ0n) is 7.29. The van der Waals surface area contributed by atoms with Gasteiger partial charge in [0.15, 0.2) is 0 Å². The summed E-state index contributed by atoms with van der Waals surface area (Å²) in [5.74, 6) is 0. The third-order valence-electron chi connectivity index (χ3n) is 1.23. The van der Waals surface area contributed by atoms with E-state index in [9.17, 15) is 4.79 Å². The summed E-state index contributed by atoms with van der Waals surface area (Å²) in [6.07, 6.45) is 1.49. The molecule has 2 unspecified atom stereocenters. The van der Waals surface area contributed by atoms with Crippen molar-refractivity contribution in [1.29, 1.82) is 0 Å². The fourth-order valence-electron chi connectivity index (χ4n) is 0.765. The molecule has 0 fully saturated rings. The average Bonchev–Trinajstić information content (AvgIpc) is 1.85. The van der Waals surface area contributed by atoms with Gasteiger partial charge in [0.1, 0.15) is 0 Å². The summed E-state index contributed by atoms with van der Waals surface area (Å²) < 4.78 is 0. The van der Waals surface area contributed by atoms with Gasteiger partial charge in [0.05, 0.1) is 9.90 Å². The lowest BCUT2D eigenvalue weighted by Crippen LogP contribution is -2.37. The lowest BCUT2D eigenvalue weighted by Gasteiger charge is -2.25. The monoisotopic (exact) mass is 298 g/mol. The third-order valence-corrected chi connectivity index (χ3v) is 2.11. The normalized spacial score (nSPS) is 16.1. The first-order chi connectivity index (χ1) is 5.50. The molecule has 5 heteroatoms. The summed E-state index contributed by atoms with van der Waals surface area (Å²) in [7, 11) is 0. The van der Waals surface area contributed by atoms with E-state index in [1.807, 2.05) is 13.8 Å². The van der Waals surface area contributed by atoms with Crippen molar-refractivity contribution >= 4 is 44.1 Å². The van der Waals surface area contributed by atoms with Crippen LogP contribution in [0, 0.1) is 0 Å². The number of halogens is 2. The Hall–Kier alpha value is 0.1000. The highest BCUT2D eigenvalue weighted by molar-refractivity contribution is 9.10. The van der Waals surface area contributed by atoms with Gasteiger partial charge in [0.2, 0.25) is 0 Å². The Morgan fingerprint density at radius 2 is 1.83 bits per heavy atom. The quantitative estimate of drug-likeness (QED) is 0.438. The van der Waals surface area contributed by atoms with E-state index in [2.05, 4.69) is 36.9 Å². The van der Waals surface area contributed by atoms with Crippen molar-refractivity contribution in [3.05, 3.63) is 0 Å². The van der Waals surface area contributed by atoms with E-state index < -0.39 is 0 Å². The van der Waals surface area contributed by atoms with Crippen LogP contribution >= 0.6 is 31.9 Å². The van der Waals surface area contributed by atoms with E-state index in [1.165, 1.54) is 6.21 Å². The molecule has 3 nitrogen and oxygen atoms in total. The minimum absolute atomic E-state index is 0.0249. The van der Waals surface area contributed by atoms with Gasteiger partial charge in [-0.2, -0.15) is 0 Å². The molecule has 0 saturated carbocycles. The highest BCUT2D eigenvalue weighted by Gasteiger charge is 2.20. The first-order valence-electron chi connectivity index (χ1n) is 3.59. The summed E-state index contributed by atoms with van der Waals surface area (Å²) in [4.78, 5) is 16.5. The van der Waals surface area contributed by atoms with E-state index in [-0.39, 0.29) is 15.9 Å². The maximum atomic E-state index is 11.3. The second-order valence-electron chi connectivity index (χ2n) is 2.23. The number of urea groups is 1. The minimum atomic E-state index is -0.244. The van der Waals surface area contributed by atoms with Crippen LogP contribution in [0.2, 0.25) is 0 Å². The predicted molar refractivity (Wildman–Crippen MR) is 58.2 cm³/mol. The maximum Gasteiger partial charge on any atom is 0.344 e. The predicted octanol–water partition coefficient (Wildman–Crippen LogP) is 2.98. The number of aliphatic imine (C=N–C) groups is 1. The molecular weight excluding hydrogens is 288 g/mol. The van der Waals surface area contributed by atoms with Crippen LogP contribution in [0.4, 0.5) is 4.79 Å². The van der Waals surface area contributed by atoms with Gasteiger partial charge in [-0.05, 0) is 20.8 Å². The number of amides is 2. The van der Waals surface area contributed by atoms with Gasteiger partial charge < -0.3 is 0 Å². The van der Waals surface area contributed by atoms with Crippen LogP contribution in [0.3, 0.4) is 0 Å². The molecule has 2 atom stereocenters. The van der Waals surface area contributed by atoms with E-state index in [0.29, 0.717) is 0 Å². The van der Waals surface area contributed by atoms with Gasteiger partial charge >= 0.3 is 6.03 Å². The molecule has 0 bridgehead atoms. The van der Waals surface area contributed by atoms with Crippen molar-refractivity contribution in [2.75, 3.05) is 0 Å². The van der Waals surface area contributed by atoms with Crippen molar-refractivity contribution in [2.24, 2.45) is 4.99 Å². The van der Waals surface area contributed by atoms with Gasteiger partial charge in [-0.3, -0.25) is 4.90 Å². The van der Waals surface area contributed by atoms with Crippen LogP contribution in [0.15, 0.2) is 4.99 Å². The second-order valence-corrected chi connectivity index (χ2v) is 4.88. The van der Waals surface area contributed by atoms with Crippen molar-refractivity contribution in [3.8, 4) is 0 Å². The zero-order chi connectivity index (χ0) is 9.72. The van der Waals surface area contributed by atoms with Crippen LogP contribution in [0.5, 0.6) is 0 Å². The van der Waals surface area contributed by atoms with Gasteiger partial charge in [-0.1, -0.05) is 31.9 Å². The van der Waals surface area contributed by atoms with Crippen LogP contribution in [0.25, 0.3) is 0 Å². The number of hydrogen-bond donors (Lipinski definition) is 0. The summed E-state index contributed by atoms with van der Waals surface area (Å²) in [6, 6.07) is -0.244. The van der Waals surface area contributed by atoms with Gasteiger partial charge in [0.25, 0.3) is 0 Å². The van der Waals surface area contributed by atoms with Crippen molar-refractivity contribution in [1.82, 2.24) is 4.90 Å². The fraction of sp³-hybridized carbons (Fsp3) is 0.714. The molecule has 0 spiro atoms. The van der Waals surface area contributed by atoms with E-state index in [1.54, 1.807) is 11.8 Å². The number of alkyl halides is 2. The number of hydrogen-bond acceptors (Lipinski definition) is 1. The average molecular weight is 300 g/mol. The molecular formula is C7H12Br2N2O. The van der Waals surface area contributed by atoms with Crippen molar-refractivity contribution in [2.45, 2.75) is 30.7 Å². The Bertz CT molecular complexity index is 172. The van der Waals surface area contributed by atoms with E-state index >= 15 is 0 Å². The van der Waals surface area contributed by atoms with E-state index in [4.69, 9.17) is 0 Å². The van der Waals surface area contributed by atoms with Crippen LogP contribution in [-0.4, -0.2) is 27.0 Å². The van der Waals surface area contributed by atoms with Crippen molar-refractivity contribution < 1.29 is 4.79 Å². The topological polar surface area (TPSA) is 32.7 Å². The Balaban J connectivity index is 4.40. The lowest BCUT2D eigenvalue weighted by molar-refractivity contribution is 0.206. The number of carbonyl (C=O) groups is 1. The molecule has 0 aliphatic heterocycles. The standard InChI is InChI=1S/C7H12Br2N2O/c1-4-10-7(12)11(5(2)8)6(3)9/h4-6H,1-3H3/b10-4+. The fourth-order valence-corrected chi connectivity index (χ4v) is 2.14. The molecule has 2 amide bonds. The molecule has 0 aromatic rings. The Morgan fingerprint density at radius 3 is 2.08 bits per heavy atom. The summed E-state index contributed by atoms with van der Waals surface area (Å²) >= 11 is 6.63. The molecule has 0 aromatic heterocycles. The molecule has 0 aromatic carbocycles. The highest BCUT2D eigenvalue weighted by Crippen LogP contribution is 2.16. The molecule has 0 radical (unpaired) electrons. The summed E-state index contributed by atoms with van der Waals surface area (Å²) in [5, 5.41) is 0. The zero-order valence-corrected chi connectivity index (χ0v) is 10.5. The van der Waals surface area contributed by atoms with Gasteiger partial charge in [-0.15, -0.1) is 0 Å². The molecule has 0 aliphatic rings. The number of nitrogens with zero attached hydrogens (tertiary/aromatic N) is 2. The number of carbonyl (C=O) groups excluding carboxylic acids is 1. The van der Waals surface area contributed by atoms with Crippen LogP contribution < -0.4 is 0 Å². The van der Waals surface area contributed by atoms with Crippen LogP contribution in [-0.2, 0) is 0 Å². The lowest BCUT2D eigenvalue weighted by atomic mass is 10.5. The molecule has 0 aliphatic carbocycles. The smallest absolute Gasteiger partial charge is 0.298 e. The second kappa shape index (κ2) is 5.70. The van der Waals surface area contributed by atoms with Gasteiger partial charge in [0, 0.05) is 6.21 Å². The molecule has 12 heavy (non-hydrogen) atoms. The first kappa shape index (κ1) is 12.1. The maximum absolute atomic E-state index is 11.3. The van der Waals surface area contributed by atoms with Gasteiger partial charge in [-0.25, -0.2) is 9.79 Å². The minimum Gasteiger partial charge on any atom is -0.298 e. The molecule has 0 heterocycles. The Kier molecular flexibility index (Phi) is 5.74. The Morgan fingerprint density at radius 1 is 1.42 bits per heavy atom. The van der Waals surface area contributed by atoms with Crippen molar-refractivity contribution in [3.63, 3.8) is 0 Å². The first-order valence-corrected chi connectivity index (χ1v) is 5.43. The largest absolute Gasteiger partial charge is 0.344 e. The summed E-state index contributed by atoms with van der Waals surface area (Å²) in [5.41, 5.74) is 0.